The summed E-state index contributed by atoms with van der Waals surface area (Å²) in [4.78, 5) is 8.79. The molecule has 1 aliphatic rings. The van der Waals surface area contributed by atoms with Gasteiger partial charge in [-0.15, -0.1) is 0 Å². The van der Waals surface area contributed by atoms with E-state index < -0.39 is 0 Å². The van der Waals surface area contributed by atoms with Crippen molar-refractivity contribution in [2.45, 2.75) is 13.8 Å². The van der Waals surface area contributed by atoms with Crippen LogP contribution < -0.4 is 5.32 Å². The molecule has 0 amide bonds. The van der Waals surface area contributed by atoms with E-state index in [2.05, 4.69) is 34.4 Å². The lowest BCUT2D eigenvalue weighted by atomic mass is 10.1. The lowest BCUT2D eigenvalue weighted by Gasteiger charge is -2.08. The molecule has 0 aliphatic carbocycles. The van der Waals surface area contributed by atoms with Crippen molar-refractivity contribution >= 4 is 11.4 Å². The molecule has 0 saturated heterocycles. The Labute approximate surface area is 102 Å². The normalized spacial score (nSPS) is 22.2. The highest BCUT2D eigenvalue weighted by Crippen LogP contribution is 2.16. The van der Waals surface area contributed by atoms with Gasteiger partial charge in [-0.25, -0.2) is 4.98 Å². The lowest BCUT2D eigenvalue weighted by Crippen LogP contribution is -2.23. The van der Waals surface area contributed by atoms with E-state index in [-0.39, 0.29) is 0 Å². The van der Waals surface area contributed by atoms with E-state index in [1.807, 2.05) is 30.9 Å². The highest BCUT2D eigenvalue weighted by molar-refractivity contribution is 5.90. The number of aromatic nitrogens is 2. The fourth-order valence-electron chi connectivity index (χ4n) is 1.81. The molecular weight excluding hydrogens is 212 g/mol. The van der Waals surface area contributed by atoms with Gasteiger partial charge in [-0.05, 0) is 6.92 Å². The molecule has 17 heavy (non-hydrogen) atoms. The number of hydrogen-bond donors (Lipinski definition) is 1. The number of amidine groups is 1. The average molecular weight is 230 g/mol. The van der Waals surface area contributed by atoms with E-state index in [4.69, 9.17) is 0 Å². The third kappa shape index (κ3) is 2.46. The Morgan fingerprint density at radius 3 is 3.00 bits per heavy atom. The molecule has 2 rings (SSSR count). The van der Waals surface area contributed by atoms with Gasteiger partial charge in [0.2, 0.25) is 0 Å². The number of hydrogen-bond acceptors (Lipinski definition) is 2. The number of rotatable bonds is 2. The largest absolute Gasteiger partial charge is 0.349 e. The number of allylic oxidation sites excluding steroid dienone is 2. The van der Waals surface area contributed by atoms with Crippen LogP contribution in [-0.4, -0.2) is 21.9 Å². The Balaban J connectivity index is 2.30. The Bertz CT molecular complexity index is 479. The first-order chi connectivity index (χ1) is 8.22. The zero-order valence-corrected chi connectivity index (χ0v) is 10.5. The van der Waals surface area contributed by atoms with Crippen molar-refractivity contribution in [3.63, 3.8) is 0 Å². The smallest absolute Gasteiger partial charge is 0.141 e. The summed E-state index contributed by atoms with van der Waals surface area (Å²) >= 11 is 0. The molecule has 0 radical (unpaired) electrons. The van der Waals surface area contributed by atoms with Gasteiger partial charge in [-0.1, -0.05) is 19.1 Å². The molecule has 2 heterocycles. The molecule has 0 saturated carbocycles. The van der Waals surface area contributed by atoms with Crippen LogP contribution in [0.25, 0.3) is 5.57 Å². The van der Waals surface area contributed by atoms with E-state index in [1.165, 1.54) is 0 Å². The maximum atomic E-state index is 4.45. The predicted molar refractivity (Wildman–Crippen MR) is 70.6 cm³/mol. The van der Waals surface area contributed by atoms with Crippen LogP contribution in [0.3, 0.4) is 0 Å². The molecule has 0 fully saturated rings. The second-order valence-corrected chi connectivity index (χ2v) is 4.11. The Hall–Kier alpha value is -1.84. The molecule has 1 atom stereocenters. The number of nitrogens with zero attached hydrogens (tertiary/aromatic N) is 3. The molecule has 4 nitrogen and oxygen atoms in total. The standard InChI is InChI=1S/C13H18N4/c1-4-14-12-10(2)5-6-11(9-16-12)13-15-7-8-17(13)3/h5-10H,4H2,1-3H3,(H,14,16). The molecule has 90 valence electrons. The van der Waals surface area contributed by atoms with Gasteiger partial charge in [0, 0.05) is 43.7 Å². The highest BCUT2D eigenvalue weighted by Gasteiger charge is 2.12. The van der Waals surface area contributed by atoms with Crippen LogP contribution in [0.2, 0.25) is 0 Å². The van der Waals surface area contributed by atoms with Crippen LogP contribution in [-0.2, 0) is 7.05 Å². The molecule has 4 heteroatoms. The summed E-state index contributed by atoms with van der Waals surface area (Å²) in [7, 11) is 1.99. The summed E-state index contributed by atoms with van der Waals surface area (Å²) in [6, 6.07) is 0. The van der Waals surface area contributed by atoms with Crippen LogP contribution in [0.5, 0.6) is 0 Å². The van der Waals surface area contributed by atoms with Crippen molar-refractivity contribution in [3.05, 3.63) is 36.6 Å². The minimum Gasteiger partial charge on any atom is -0.349 e. The molecule has 1 aliphatic heterocycles. The first-order valence-corrected chi connectivity index (χ1v) is 5.89. The quantitative estimate of drug-likeness (QED) is 0.844. The SMILES string of the molecule is CCN=C1NC=C(c2nccn2C)C=CC1C. The summed E-state index contributed by atoms with van der Waals surface area (Å²) in [5.41, 5.74) is 1.07. The van der Waals surface area contributed by atoms with Gasteiger partial charge in [0.1, 0.15) is 11.7 Å². The first kappa shape index (κ1) is 11.6. The summed E-state index contributed by atoms with van der Waals surface area (Å²) in [6.45, 7) is 4.97. The highest BCUT2D eigenvalue weighted by atomic mass is 15.0. The minimum absolute atomic E-state index is 0.309. The van der Waals surface area contributed by atoms with Crippen LogP contribution in [0.4, 0.5) is 0 Å². The molecular formula is C13H18N4. The zero-order chi connectivity index (χ0) is 12.3. The summed E-state index contributed by atoms with van der Waals surface area (Å²) in [6.07, 6.45) is 9.96. The molecule has 1 N–H and O–H groups in total. The topological polar surface area (TPSA) is 42.2 Å². The van der Waals surface area contributed by atoms with Gasteiger partial charge >= 0.3 is 0 Å². The third-order valence-electron chi connectivity index (χ3n) is 2.78. The van der Waals surface area contributed by atoms with Gasteiger partial charge < -0.3 is 9.88 Å². The van der Waals surface area contributed by atoms with Crippen molar-refractivity contribution in [2.24, 2.45) is 18.0 Å². The summed E-state index contributed by atoms with van der Waals surface area (Å²) in [5, 5.41) is 3.27. The number of aliphatic imine (C=N–C) groups is 1. The lowest BCUT2D eigenvalue weighted by molar-refractivity contribution is 0.891. The van der Waals surface area contributed by atoms with Gasteiger partial charge in [0.15, 0.2) is 0 Å². The Morgan fingerprint density at radius 1 is 1.53 bits per heavy atom. The number of aryl methyl sites for hydroxylation is 1. The van der Waals surface area contributed by atoms with Crippen molar-refractivity contribution in [1.82, 2.24) is 14.9 Å². The fourth-order valence-corrected chi connectivity index (χ4v) is 1.81. The molecule has 0 aromatic carbocycles. The van der Waals surface area contributed by atoms with Crippen LogP contribution in [0.15, 0.2) is 35.7 Å². The number of nitrogens with one attached hydrogen (secondary N) is 1. The summed E-state index contributed by atoms with van der Waals surface area (Å²) in [5.74, 6) is 2.27. The first-order valence-electron chi connectivity index (χ1n) is 5.89. The molecule has 1 aromatic rings. The van der Waals surface area contributed by atoms with E-state index >= 15 is 0 Å². The minimum atomic E-state index is 0.309. The third-order valence-corrected chi connectivity index (χ3v) is 2.78. The average Bonchev–Trinajstić information content (AvgIpc) is 2.65. The maximum absolute atomic E-state index is 4.45. The maximum Gasteiger partial charge on any atom is 0.141 e. The van der Waals surface area contributed by atoms with Crippen molar-refractivity contribution in [3.8, 4) is 0 Å². The molecule has 1 unspecified atom stereocenters. The zero-order valence-electron chi connectivity index (χ0n) is 10.5. The molecule has 0 bridgehead atoms. The van der Waals surface area contributed by atoms with Crippen LogP contribution in [0, 0.1) is 5.92 Å². The van der Waals surface area contributed by atoms with E-state index in [0.29, 0.717) is 5.92 Å². The summed E-state index contributed by atoms with van der Waals surface area (Å²) < 4.78 is 2.00. The van der Waals surface area contributed by atoms with Crippen molar-refractivity contribution < 1.29 is 0 Å². The number of imidazole rings is 1. The van der Waals surface area contributed by atoms with E-state index in [1.54, 1.807) is 6.20 Å². The second-order valence-electron chi connectivity index (χ2n) is 4.11. The van der Waals surface area contributed by atoms with Crippen LogP contribution in [0.1, 0.15) is 19.7 Å². The fraction of sp³-hybridized carbons (Fsp3) is 0.385. The van der Waals surface area contributed by atoms with Crippen molar-refractivity contribution in [1.29, 1.82) is 0 Å². The second kappa shape index (κ2) is 4.99. The Morgan fingerprint density at radius 2 is 2.35 bits per heavy atom. The van der Waals surface area contributed by atoms with E-state index in [0.717, 1.165) is 23.8 Å². The van der Waals surface area contributed by atoms with Crippen molar-refractivity contribution in [2.75, 3.05) is 6.54 Å². The monoisotopic (exact) mass is 230 g/mol. The van der Waals surface area contributed by atoms with Gasteiger partial charge in [-0.3, -0.25) is 4.99 Å². The van der Waals surface area contributed by atoms with E-state index in [9.17, 15) is 0 Å². The predicted octanol–water partition coefficient (Wildman–Crippen LogP) is 1.97. The molecule has 1 aromatic heterocycles. The van der Waals surface area contributed by atoms with Crippen LogP contribution >= 0.6 is 0 Å². The van der Waals surface area contributed by atoms with Gasteiger partial charge in [0.25, 0.3) is 0 Å². The van der Waals surface area contributed by atoms with Gasteiger partial charge in [0.05, 0.1) is 0 Å². The molecule has 0 spiro atoms. The Kier molecular flexibility index (Phi) is 3.42. The van der Waals surface area contributed by atoms with Gasteiger partial charge in [-0.2, -0.15) is 0 Å².